The Morgan fingerprint density at radius 2 is 1.25 bits per heavy atom. The van der Waals surface area contributed by atoms with Gasteiger partial charge in [-0.25, -0.2) is 0 Å². The first-order valence-corrected chi connectivity index (χ1v) is 26.9. The average molecular weight is 1110 g/mol. The van der Waals surface area contributed by atoms with E-state index in [0.717, 1.165) is 0 Å². The van der Waals surface area contributed by atoms with Crippen molar-refractivity contribution in [2.45, 2.75) is 195 Å². The summed E-state index contributed by atoms with van der Waals surface area (Å²) in [6.07, 6.45) is 1.70. The normalized spacial score (nSPS) is 38.4. The lowest BCUT2D eigenvalue weighted by molar-refractivity contribution is -0.308. The molecule has 0 aliphatic carbocycles. The number of ether oxygens (including phenoxy) is 4. The lowest BCUT2D eigenvalue weighted by Gasteiger charge is -2.45. The van der Waals surface area contributed by atoms with Gasteiger partial charge in [-0.15, -0.1) is 0 Å². The Morgan fingerprint density at radius 1 is 0.709 bits per heavy atom. The number of aliphatic hydroxyl groups is 10. The quantitative estimate of drug-likeness (QED) is 0.0908. The number of esters is 1. The number of fused-ring (bicyclic) bond motifs is 2. The lowest BCUT2D eigenvalue weighted by atomic mass is 9.82. The van der Waals surface area contributed by atoms with Gasteiger partial charge < -0.3 is 86.6 Å². The van der Waals surface area contributed by atoms with Crippen molar-refractivity contribution < 1.29 is 94.3 Å². The topological polar surface area (TPSA) is 380 Å². The van der Waals surface area contributed by atoms with Crippen molar-refractivity contribution in [3.05, 3.63) is 115 Å². The summed E-state index contributed by atoms with van der Waals surface area (Å²) in [6.45, 7) is 5.20. The van der Waals surface area contributed by atoms with Gasteiger partial charge in [-0.1, -0.05) is 98.9 Å². The number of nitrogen functional groups attached to an aromatic ring is 1. The molecule has 1 aromatic rings. The minimum Gasteiger partial charge on any atom is -0.481 e. The van der Waals surface area contributed by atoms with Crippen LogP contribution in [0.15, 0.2) is 109 Å². The number of carboxylic acid groups (broad SMARTS) is 1. The van der Waals surface area contributed by atoms with Crippen LogP contribution in [-0.2, 0) is 33.3 Å². The SMILES string of the molecule is C[C@H]1/C=C/C=C/C=C\C=C/C=C/C=C/C=C/[C@H](O[C@@H]2O[C@H](C)[C@@H](O)[C@H](N)[C@H]2O)C[C@@H]2O[C@](O)(C[C@@H](O)C[C@@H](O)C[C@@H](O)C[C@@H](O)CC(=O)C[C@@H](O)CC(=O)O[C@@H]1[C@@H](C)CCC(O)CC(=O)c1ccc(N)cc1)C[C@H](O)[C@H]2C(=O)O. The molecule has 79 heavy (non-hydrogen) atoms. The number of anilines is 1. The van der Waals surface area contributed by atoms with E-state index in [-0.39, 0.29) is 36.9 Å². The number of nitrogens with two attached hydrogens (primary N) is 2. The third-order valence-corrected chi connectivity index (χ3v) is 14.1. The molecule has 0 aromatic heterocycles. The maximum atomic E-state index is 13.3. The molecule has 4 rings (SSSR count). The average Bonchev–Trinajstić information content (AvgIpc) is 3.35. The number of ketones is 2. The molecule has 3 aliphatic rings. The second kappa shape index (κ2) is 33.0. The van der Waals surface area contributed by atoms with Crippen LogP contribution in [-0.4, -0.2) is 177 Å². The molecule has 2 fully saturated rings. The van der Waals surface area contributed by atoms with Gasteiger partial charge in [-0.2, -0.15) is 0 Å². The summed E-state index contributed by atoms with van der Waals surface area (Å²) < 4.78 is 23.7. The number of Topliss-reactive ketones (excluding diaryl/α,β-unsaturated/α-hetero) is 2. The number of aliphatic carboxylic acids is 1. The molecule has 2 saturated heterocycles. The number of hydrogen-bond donors (Lipinski definition) is 13. The summed E-state index contributed by atoms with van der Waals surface area (Å²) in [5, 5.41) is 119. The van der Waals surface area contributed by atoms with Gasteiger partial charge in [-0.3, -0.25) is 19.2 Å². The molecule has 19 atom stereocenters. The number of benzene rings is 1. The summed E-state index contributed by atoms with van der Waals surface area (Å²) in [4.78, 5) is 51.6. The van der Waals surface area contributed by atoms with E-state index in [9.17, 15) is 75.3 Å². The summed E-state index contributed by atoms with van der Waals surface area (Å²) >= 11 is 0. The van der Waals surface area contributed by atoms with Gasteiger partial charge in [0.05, 0.1) is 79.6 Å². The van der Waals surface area contributed by atoms with Gasteiger partial charge >= 0.3 is 11.9 Å². The van der Waals surface area contributed by atoms with Gasteiger partial charge in [0.2, 0.25) is 0 Å². The Morgan fingerprint density at radius 3 is 1.85 bits per heavy atom. The molecule has 21 heteroatoms. The Kier molecular flexibility index (Phi) is 27.7. The van der Waals surface area contributed by atoms with Crippen molar-refractivity contribution in [3.8, 4) is 0 Å². The van der Waals surface area contributed by atoms with E-state index in [4.69, 9.17) is 30.4 Å². The molecule has 1 aromatic carbocycles. The first kappa shape index (κ1) is 66.4. The molecule has 3 heterocycles. The van der Waals surface area contributed by atoms with Crippen molar-refractivity contribution in [1.82, 2.24) is 0 Å². The zero-order chi connectivity index (χ0) is 58.4. The molecule has 0 spiro atoms. The van der Waals surface area contributed by atoms with Crippen LogP contribution in [0.3, 0.4) is 0 Å². The highest BCUT2D eigenvalue weighted by Gasteiger charge is 2.51. The van der Waals surface area contributed by atoms with Crippen LogP contribution in [0.1, 0.15) is 108 Å². The van der Waals surface area contributed by atoms with Gasteiger partial charge in [0, 0.05) is 55.7 Å². The second-order valence-corrected chi connectivity index (χ2v) is 21.2. The molecule has 0 radical (unpaired) electrons. The highest BCUT2D eigenvalue weighted by atomic mass is 16.7. The molecule has 0 saturated carbocycles. The molecule has 15 N–H and O–H groups in total. The largest absolute Gasteiger partial charge is 0.481 e. The number of hydrogen-bond acceptors (Lipinski definition) is 20. The fraction of sp³-hybridized carbons (Fsp3) is 0.586. The Bertz CT molecular complexity index is 2280. The zero-order valence-electron chi connectivity index (χ0n) is 45.1. The van der Waals surface area contributed by atoms with E-state index in [1.54, 1.807) is 97.2 Å². The van der Waals surface area contributed by atoms with Crippen LogP contribution in [0.4, 0.5) is 5.69 Å². The molecule has 3 aliphatic heterocycles. The number of allylic oxidation sites excluding steroid dienone is 12. The smallest absolute Gasteiger partial charge is 0.311 e. The highest BCUT2D eigenvalue weighted by Crippen LogP contribution is 2.38. The standard InChI is InChI=1S/C58H84N2O19/c1-34-16-14-12-10-8-6-4-5-7-9-11-13-15-17-46(77-57-54(72)52(60)53(71)36(3)76-57)31-49-51(56(73)74)48(69)33-58(75,79-49)32-45(67)28-43(65)26-41(63)24-40(62)25-42(64)27-44(66)30-50(70)78-55(34)35(2)18-23-39(61)29-47(68)37-19-21-38(59)22-20-37/h4-17,19-22,34-36,39-41,43-46,48-49,51-55,57,61-63,65-67,69,71-72,75H,18,23-33,59-60H2,1-3H3,(H,73,74)/b5-4-,8-6-,9-7+,12-10+,13-11+,16-14+,17-15+/t34-,35-,36+,39?,40+,41-,43-,44+,45-,46-,48-,49-,51+,52-,53+,54+,55-,57-,58+/m0/s1. The van der Waals surface area contributed by atoms with E-state index < -0.39 is 172 Å². The monoisotopic (exact) mass is 1110 g/mol. The number of cyclic esters (lactones) is 1. The molecule has 1 unspecified atom stereocenters. The maximum Gasteiger partial charge on any atom is 0.311 e. The molecular formula is C58H84N2O19. The second-order valence-electron chi connectivity index (χ2n) is 21.2. The van der Waals surface area contributed by atoms with Crippen LogP contribution >= 0.6 is 0 Å². The summed E-state index contributed by atoms with van der Waals surface area (Å²) in [5.74, 6) is -7.81. The third-order valence-electron chi connectivity index (χ3n) is 14.1. The van der Waals surface area contributed by atoms with Crippen molar-refractivity contribution in [1.29, 1.82) is 0 Å². The number of carbonyl (C=O) groups excluding carboxylic acids is 3. The number of carboxylic acids is 1. The predicted molar refractivity (Wildman–Crippen MR) is 290 cm³/mol. The lowest BCUT2D eigenvalue weighted by Crippen LogP contribution is -2.61. The predicted octanol–water partition coefficient (Wildman–Crippen LogP) is 2.29. The van der Waals surface area contributed by atoms with Crippen molar-refractivity contribution in [3.63, 3.8) is 0 Å². The van der Waals surface area contributed by atoms with Gasteiger partial charge in [0.25, 0.3) is 0 Å². The van der Waals surface area contributed by atoms with Crippen LogP contribution < -0.4 is 11.5 Å². The van der Waals surface area contributed by atoms with E-state index in [2.05, 4.69) is 0 Å². The van der Waals surface area contributed by atoms with Crippen LogP contribution in [0, 0.1) is 17.8 Å². The van der Waals surface area contributed by atoms with Crippen molar-refractivity contribution in [2.75, 3.05) is 5.73 Å². The van der Waals surface area contributed by atoms with Crippen molar-refractivity contribution in [2.24, 2.45) is 23.5 Å². The first-order valence-electron chi connectivity index (χ1n) is 26.9. The Hall–Kier alpha value is -5.08. The molecule has 21 nitrogen and oxygen atoms in total. The summed E-state index contributed by atoms with van der Waals surface area (Å²) in [5.41, 5.74) is 12.7. The maximum absolute atomic E-state index is 13.3. The van der Waals surface area contributed by atoms with Crippen LogP contribution in [0.5, 0.6) is 0 Å². The number of rotatable bonds is 10. The van der Waals surface area contributed by atoms with E-state index in [1.165, 1.54) is 13.0 Å². The molecular weight excluding hydrogens is 1030 g/mol. The minimum absolute atomic E-state index is 0.128. The van der Waals surface area contributed by atoms with Crippen LogP contribution in [0.25, 0.3) is 0 Å². The number of aliphatic hydroxyl groups excluding tert-OH is 9. The fourth-order valence-electron chi connectivity index (χ4n) is 9.90. The van der Waals surface area contributed by atoms with Gasteiger partial charge in [-0.05, 0) is 69.2 Å². The van der Waals surface area contributed by atoms with Crippen molar-refractivity contribution >= 4 is 29.2 Å². The Balaban J connectivity index is 1.54. The molecule has 2 bridgehead atoms. The minimum atomic E-state index is -2.34. The fourth-order valence-corrected chi connectivity index (χ4v) is 9.90. The third kappa shape index (κ3) is 23.1. The summed E-state index contributed by atoms with van der Waals surface area (Å²) in [6, 6.07) is 5.21. The van der Waals surface area contributed by atoms with E-state index in [1.807, 2.05) is 19.9 Å². The Labute approximate surface area is 461 Å². The highest BCUT2D eigenvalue weighted by molar-refractivity contribution is 5.96. The summed E-state index contributed by atoms with van der Waals surface area (Å²) in [7, 11) is 0. The molecule has 0 amide bonds. The van der Waals surface area contributed by atoms with E-state index >= 15 is 0 Å². The van der Waals surface area contributed by atoms with Crippen LogP contribution in [0.2, 0.25) is 0 Å². The zero-order valence-corrected chi connectivity index (χ0v) is 45.1. The number of carbonyl (C=O) groups is 4. The van der Waals surface area contributed by atoms with E-state index in [0.29, 0.717) is 17.7 Å². The van der Waals surface area contributed by atoms with Gasteiger partial charge in [0.15, 0.2) is 17.9 Å². The first-order chi connectivity index (χ1) is 37.3. The van der Waals surface area contributed by atoms with Gasteiger partial charge in [0.1, 0.15) is 23.9 Å². The molecule has 440 valence electrons.